The first-order chi connectivity index (χ1) is 11.4. The summed E-state index contributed by atoms with van der Waals surface area (Å²) in [6, 6.07) is 8.19. The molecule has 1 atom stereocenters. The zero-order valence-corrected chi connectivity index (χ0v) is 18.1. The number of likely N-dealkylation sites (tertiary alicyclic amines) is 1. The molecule has 142 valence electrons. The van der Waals surface area contributed by atoms with Crippen LogP contribution < -0.4 is 10.1 Å². The van der Waals surface area contributed by atoms with Crippen LogP contribution >= 0.6 is 24.0 Å². The van der Waals surface area contributed by atoms with E-state index in [2.05, 4.69) is 49.0 Å². The van der Waals surface area contributed by atoms with E-state index in [0.29, 0.717) is 19.7 Å². The normalized spacial score (nSPS) is 18.0. The quantitative estimate of drug-likeness (QED) is 0.307. The van der Waals surface area contributed by atoms with Crippen LogP contribution in [0.25, 0.3) is 0 Å². The highest BCUT2D eigenvalue weighted by Crippen LogP contribution is 2.30. The fraction of sp³-hybridized carbons (Fsp3) is 0.632. The summed E-state index contributed by atoms with van der Waals surface area (Å²) in [5.74, 6) is 1.79. The maximum Gasteiger partial charge on any atom is 0.194 e. The van der Waals surface area contributed by atoms with Gasteiger partial charge in [0.25, 0.3) is 0 Å². The highest BCUT2D eigenvalue weighted by Gasteiger charge is 2.22. The van der Waals surface area contributed by atoms with Crippen LogP contribution in [0, 0.1) is 0 Å². The van der Waals surface area contributed by atoms with Gasteiger partial charge < -0.3 is 20.1 Å². The summed E-state index contributed by atoms with van der Waals surface area (Å²) in [6.45, 7) is 12.1. The summed E-state index contributed by atoms with van der Waals surface area (Å²) in [5.41, 5.74) is 1.27. The van der Waals surface area contributed by atoms with Gasteiger partial charge in [-0.25, -0.2) is 4.99 Å². The van der Waals surface area contributed by atoms with E-state index < -0.39 is 0 Å². The Morgan fingerprint density at radius 2 is 2.08 bits per heavy atom. The van der Waals surface area contributed by atoms with E-state index >= 15 is 0 Å². The molecule has 5 nitrogen and oxygen atoms in total. The van der Waals surface area contributed by atoms with Gasteiger partial charge in [0.2, 0.25) is 0 Å². The first-order valence-corrected chi connectivity index (χ1v) is 8.85. The van der Waals surface area contributed by atoms with Crippen LogP contribution in [0.2, 0.25) is 0 Å². The van der Waals surface area contributed by atoms with E-state index in [0.717, 1.165) is 31.2 Å². The van der Waals surface area contributed by atoms with Crippen molar-refractivity contribution in [1.82, 2.24) is 10.2 Å². The monoisotopic (exact) mass is 461 g/mol. The fourth-order valence-electron chi connectivity index (χ4n) is 2.88. The molecule has 0 saturated carbocycles. The molecule has 1 aliphatic rings. The molecule has 1 saturated heterocycles. The first kappa shape index (κ1) is 22.0. The van der Waals surface area contributed by atoms with Crippen LogP contribution in [0.1, 0.15) is 39.7 Å². The van der Waals surface area contributed by atoms with Gasteiger partial charge in [0.15, 0.2) is 5.96 Å². The van der Waals surface area contributed by atoms with E-state index in [4.69, 9.17) is 4.74 Å². The SMILES string of the molecule is CCNC(=NCCOc1ccccc1C(C)(C)C)N1CC[C@@H](O)C1.I. The average Bonchev–Trinajstić information content (AvgIpc) is 2.96. The standard InChI is InChI=1S/C19H31N3O2.HI/c1-5-20-18(22-12-10-15(23)14-22)21-11-13-24-17-9-7-6-8-16(17)19(2,3)4;/h6-9,15,23H,5,10-14H2,1-4H3,(H,20,21);1H/t15-;/m1./s1. The van der Waals surface area contributed by atoms with Gasteiger partial charge >= 0.3 is 0 Å². The van der Waals surface area contributed by atoms with Gasteiger partial charge in [-0.05, 0) is 30.4 Å². The third-order valence-electron chi connectivity index (χ3n) is 4.10. The lowest BCUT2D eigenvalue weighted by Crippen LogP contribution is -2.40. The van der Waals surface area contributed by atoms with Crippen molar-refractivity contribution in [2.45, 2.75) is 45.6 Å². The van der Waals surface area contributed by atoms with Crippen LogP contribution in [0.15, 0.2) is 29.3 Å². The summed E-state index contributed by atoms with van der Waals surface area (Å²) in [6.07, 6.45) is 0.559. The van der Waals surface area contributed by atoms with Crippen molar-refractivity contribution < 1.29 is 9.84 Å². The molecular formula is C19H32IN3O2. The van der Waals surface area contributed by atoms with Gasteiger partial charge in [0.1, 0.15) is 12.4 Å². The summed E-state index contributed by atoms with van der Waals surface area (Å²) >= 11 is 0. The highest BCUT2D eigenvalue weighted by atomic mass is 127. The number of hydrogen-bond donors (Lipinski definition) is 2. The second-order valence-electron chi connectivity index (χ2n) is 7.22. The molecule has 6 heteroatoms. The topological polar surface area (TPSA) is 57.1 Å². The van der Waals surface area contributed by atoms with Crippen molar-refractivity contribution in [3.63, 3.8) is 0 Å². The average molecular weight is 461 g/mol. The van der Waals surface area contributed by atoms with Gasteiger partial charge in [-0.3, -0.25) is 0 Å². The Morgan fingerprint density at radius 1 is 1.36 bits per heavy atom. The third kappa shape index (κ3) is 6.66. The van der Waals surface area contributed by atoms with Crippen molar-refractivity contribution >= 4 is 29.9 Å². The second kappa shape index (κ2) is 10.2. The minimum Gasteiger partial charge on any atom is -0.491 e. The Hall–Kier alpha value is -1.02. The Bertz CT molecular complexity index is 558. The van der Waals surface area contributed by atoms with Crippen molar-refractivity contribution in [1.29, 1.82) is 0 Å². The number of guanidine groups is 1. The minimum absolute atomic E-state index is 0. The number of nitrogens with one attached hydrogen (secondary N) is 1. The number of halogens is 1. The summed E-state index contributed by atoms with van der Waals surface area (Å²) < 4.78 is 5.97. The van der Waals surface area contributed by atoms with E-state index in [-0.39, 0.29) is 35.5 Å². The number of aliphatic hydroxyl groups excluding tert-OH is 1. The zero-order valence-electron chi connectivity index (χ0n) is 15.8. The van der Waals surface area contributed by atoms with Crippen molar-refractivity contribution in [3.8, 4) is 5.75 Å². The molecule has 0 amide bonds. The smallest absolute Gasteiger partial charge is 0.194 e. The lowest BCUT2D eigenvalue weighted by molar-refractivity contribution is 0.187. The van der Waals surface area contributed by atoms with Crippen LogP contribution in [-0.4, -0.2) is 54.9 Å². The Balaban J connectivity index is 0.00000312. The lowest BCUT2D eigenvalue weighted by atomic mass is 9.86. The zero-order chi connectivity index (χ0) is 17.6. The first-order valence-electron chi connectivity index (χ1n) is 8.85. The largest absolute Gasteiger partial charge is 0.491 e. The Kier molecular flexibility index (Phi) is 8.99. The molecule has 25 heavy (non-hydrogen) atoms. The number of β-amino-alcohol motifs (C(OH)–C–C–N with tert-alkyl or cyclic N) is 1. The van der Waals surface area contributed by atoms with Crippen LogP contribution in [0.4, 0.5) is 0 Å². The van der Waals surface area contributed by atoms with E-state index in [9.17, 15) is 5.11 Å². The van der Waals surface area contributed by atoms with E-state index in [1.165, 1.54) is 5.56 Å². The number of para-hydroxylation sites is 1. The molecular weight excluding hydrogens is 429 g/mol. The predicted octanol–water partition coefficient (Wildman–Crippen LogP) is 3.01. The number of benzene rings is 1. The number of rotatable bonds is 5. The van der Waals surface area contributed by atoms with Gasteiger partial charge in [0, 0.05) is 19.6 Å². The molecule has 0 bridgehead atoms. The maximum atomic E-state index is 9.69. The van der Waals surface area contributed by atoms with Gasteiger partial charge in [-0.15, -0.1) is 24.0 Å². The summed E-state index contributed by atoms with van der Waals surface area (Å²) in [5, 5.41) is 13.0. The molecule has 0 aromatic heterocycles. The summed E-state index contributed by atoms with van der Waals surface area (Å²) in [4.78, 5) is 6.74. The molecule has 1 aromatic rings. The maximum absolute atomic E-state index is 9.69. The number of ether oxygens (including phenoxy) is 1. The number of nitrogens with zero attached hydrogens (tertiary/aromatic N) is 2. The molecule has 2 rings (SSSR count). The van der Waals surface area contributed by atoms with Crippen LogP contribution in [0.5, 0.6) is 5.75 Å². The molecule has 1 fully saturated rings. The third-order valence-corrected chi connectivity index (χ3v) is 4.10. The van der Waals surface area contributed by atoms with E-state index in [1.54, 1.807) is 0 Å². The molecule has 2 N–H and O–H groups in total. The van der Waals surface area contributed by atoms with E-state index in [1.807, 2.05) is 18.2 Å². The highest BCUT2D eigenvalue weighted by molar-refractivity contribution is 14.0. The number of hydrogen-bond acceptors (Lipinski definition) is 3. The Labute approximate surface area is 168 Å². The number of aliphatic hydroxyl groups is 1. The van der Waals surface area contributed by atoms with Crippen LogP contribution in [0.3, 0.4) is 0 Å². The fourth-order valence-corrected chi connectivity index (χ4v) is 2.88. The predicted molar refractivity (Wildman–Crippen MR) is 114 cm³/mol. The van der Waals surface area contributed by atoms with Gasteiger partial charge in [-0.2, -0.15) is 0 Å². The lowest BCUT2D eigenvalue weighted by Gasteiger charge is -2.23. The molecule has 0 spiro atoms. The van der Waals surface area contributed by atoms with Crippen LogP contribution in [-0.2, 0) is 5.41 Å². The second-order valence-corrected chi connectivity index (χ2v) is 7.22. The molecule has 0 aliphatic carbocycles. The van der Waals surface area contributed by atoms with Crippen molar-refractivity contribution in [3.05, 3.63) is 29.8 Å². The molecule has 0 unspecified atom stereocenters. The van der Waals surface area contributed by atoms with Crippen molar-refractivity contribution in [2.75, 3.05) is 32.8 Å². The number of aliphatic imine (C=N–C) groups is 1. The van der Waals surface area contributed by atoms with Gasteiger partial charge in [0.05, 0.1) is 12.6 Å². The van der Waals surface area contributed by atoms with Gasteiger partial charge in [-0.1, -0.05) is 39.0 Å². The molecule has 1 heterocycles. The van der Waals surface area contributed by atoms with Crippen molar-refractivity contribution in [2.24, 2.45) is 4.99 Å². The Morgan fingerprint density at radius 3 is 2.68 bits per heavy atom. The summed E-state index contributed by atoms with van der Waals surface area (Å²) in [7, 11) is 0. The molecule has 0 radical (unpaired) electrons. The molecule has 1 aromatic carbocycles. The minimum atomic E-state index is -0.247. The molecule has 1 aliphatic heterocycles.